The Hall–Kier alpha value is -4.19. The van der Waals surface area contributed by atoms with Gasteiger partial charge in [0.05, 0.1) is 12.1 Å². The first-order valence-corrected chi connectivity index (χ1v) is 16.3. The zero-order valence-corrected chi connectivity index (χ0v) is 28.7. The molecule has 0 saturated carbocycles. The average molecular weight is 669 g/mol. The number of piperidine rings is 1. The van der Waals surface area contributed by atoms with Crippen molar-refractivity contribution in [2.75, 3.05) is 18.0 Å². The molecule has 252 valence electrons. The highest BCUT2D eigenvalue weighted by atomic mass is 35.5. The third-order valence-electron chi connectivity index (χ3n) is 7.97. The summed E-state index contributed by atoms with van der Waals surface area (Å²) < 4.78 is 32.6. The summed E-state index contributed by atoms with van der Waals surface area (Å²) in [6.07, 6.45) is 0.900. The van der Waals surface area contributed by atoms with Crippen LogP contribution in [0.5, 0.6) is 17.4 Å². The number of halogens is 2. The van der Waals surface area contributed by atoms with Crippen LogP contribution in [0.4, 0.5) is 15.0 Å². The summed E-state index contributed by atoms with van der Waals surface area (Å²) in [5.74, 6) is 0.396. The number of ether oxygens (including phenoxy) is 3. The quantitative estimate of drug-likeness (QED) is 0.250. The average Bonchev–Trinajstić information content (AvgIpc) is 3.44. The van der Waals surface area contributed by atoms with Crippen LogP contribution in [-0.4, -0.2) is 73.9 Å². The van der Waals surface area contributed by atoms with E-state index in [9.17, 15) is 14.0 Å². The Kier molecular flexibility index (Phi) is 10.1. The number of fused-ring (bicyclic) bond motifs is 1. The molecule has 0 N–H and O–H groups in total. The minimum Gasteiger partial charge on any atom is -0.490 e. The monoisotopic (exact) mass is 668 g/mol. The molecule has 2 amide bonds. The molecule has 3 heterocycles. The van der Waals surface area contributed by atoms with Crippen molar-refractivity contribution in [3.05, 3.63) is 64.2 Å². The summed E-state index contributed by atoms with van der Waals surface area (Å²) in [6.45, 7) is 15.2. The van der Waals surface area contributed by atoms with Crippen LogP contribution in [-0.2, 0) is 17.8 Å². The molecular formula is C34H42ClFN6O5. The minimum atomic E-state index is -0.574. The molecule has 47 heavy (non-hydrogen) atoms. The van der Waals surface area contributed by atoms with Gasteiger partial charge in [-0.2, -0.15) is 4.98 Å². The van der Waals surface area contributed by atoms with Crippen LogP contribution in [0, 0.1) is 5.82 Å². The van der Waals surface area contributed by atoms with Gasteiger partial charge in [-0.1, -0.05) is 12.1 Å². The Labute approximate surface area is 280 Å². The van der Waals surface area contributed by atoms with Crippen LogP contribution in [0.2, 0.25) is 5.28 Å². The summed E-state index contributed by atoms with van der Waals surface area (Å²) >= 11 is 6.17. The van der Waals surface area contributed by atoms with E-state index in [-0.39, 0.29) is 52.7 Å². The first-order valence-electron chi connectivity index (χ1n) is 15.9. The third kappa shape index (κ3) is 8.04. The first kappa shape index (κ1) is 34.2. The molecule has 2 aromatic carbocycles. The molecule has 5 rings (SSSR count). The van der Waals surface area contributed by atoms with Crippen LogP contribution < -0.4 is 14.4 Å². The van der Waals surface area contributed by atoms with Gasteiger partial charge in [0.1, 0.15) is 29.0 Å². The summed E-state index contributed by atoms with van der Waals surface area (Å²) in [5, 5.41) is 7.98. The van der Waals surface area contributed by atoms with E-state index in [1.807, 2.05) is 71.6 Å². The number of nitrogens with zero attached hydrogens (tertiary/aromatic N) is 6. The minimum absolute atomic E-state index is 0.0539. The number of carbonyl (C=O) groups excluding carboxylic acids is 2. The van der Waals surface area contributed by atoms with Gasteiger partial charge in [-0.3, -0.25) is 9.69 Å². The number of hydrogen-bond acceptors (Lipinski definition) is 9. The van der Waals surface area contributed by atoms with Crippen molar-refractivity contribution in [2.45, 2.75) is 98.2 Å². The first-order chi connectivity index (χ1) is 22.2. The molecule has 1 saturated heterocycles. The van der Waals surface area contributed by atoms with Crippen molar-refractivity contribution in [3.63, 3.8) is 0 Å². The molecule has 2 aliphatic rings. The molecule has 0 unspecified atom stereocenters. The van der Waals surface area contributed by atoms with Gasteiger partial charge < -0.3 is 24.0 Å². The largest absolute Gasteiger partial charge is 0.490 e. The van der Waals surface area contributed by atoms with Gasteiger partial charge in [-0.25, -0.2) is 9.18 Å². The van der Waals surface area contributed by atoms with Gasteiger partial charge in [0, 0.05) is 50.1 Å². The second kappa shape index (κ2) is 13.9. The molecule has 0 bridgehead atoms. The molecule has 1 fully saturated rings. The molecule has 2 aliphatic heterocycles. The van der Waals surface area contributed by atoms with Crippen molar-refractivity contribution in [1.29, 1.82) is 0 Å². The number of aromatic nitrogens is 3. The highest BCUT2D eigenvalue weighted by Gasteiger charge is 2.32. The number of anilines is 1. The maximum absolute atomic E-state index is 14.4. The molecule has 0 atom stereocenters. The fourth-order valence-corrected chi connectivity index (χ4v) is 6.07. The Bertz CT molecular complexity index is 1610. The number of carbonyl (C=O) groups is 2. The standard InChI is InChI=1S/C34H42ClFN6O5/c1-20(2)42(21(3)4)31(43)25-17-23(36)11-12-28(25)46-30-29(37-32(35)39-38-30)40-15-13-24(14-16-40)45-27-10-8-9-22-18-41(19-26(22)27)33(44)47-34(5,6)7/h8-12,17,20-21,24H,13-16,18-19H2,1-7H3. The van der Waals surface area contributed by atoms with E-state index in [4.69, 9.17) is 25.8 Å². The van der Waals surface area contributed by atoms with Crippen molar-refractivity contribution in [3.8, 4) is 17.4 Å². The highest BCUT2D eigenvalue weighted by molar-refractivity contribution is 6.28. The lowest BCUT2D eigenvalue weighted by Gasteiger charge is -2.33. The van der Waals surface area contributed by atoms with E-state index in [1.165, 1.54) is 18.2 Å². The highest BCUT2D eigenvalue weighted by Crippen LogP contribution is 2.36. The van der Waals surface area contributed by atoms with Crippen molar-refractivity contribution < 1.29 is 28.2 Å². The van der Waals surface area contributed by atoms with Crippen molar-refractivity contribution in [1.82, 2.24) is 25.0 Å². The van der Waals surface area contributed by atoms with Crippen molar-refractivity contribution >= 4 is 29.4 Å². The second-order valence-electron chi connectivity index (χ2n) is 13.4. The Morgan fingerprint density at radius 1 is 1.00 bits per heavy atom. The molecule has 0 aliphatic carbocycles. The van der Waals surface area contributed by atoms with E-state index < -0.39 is 11.4 Å². The second-order valence-corrected chi connectivity index (χ2v) is 13.7. The number of benzene rings is 2. The maximum Gasteiger partial charge on any atom is 0.410 e. The molecule has 0 spiro atoms. The molecule has 11 nitrogen and oxygen atoms in total. The van der Waals surface area contributed by atoms with Gasteiger partial charge in [-0.05, 0) is 89.9 Å². The van der Waals surface area contributed by atoms with Gasteiger partial charge in [0.25, 0.3) is 11.8 Å². The SMILES string of the molecule is CC(C)N(C(=O)c1cc(F)ccc1Oc1nnc(Cl)nc1N1CCC(Oc2cccc3c2CN(C(=O)OC(C)(C)C)C3)CC1)C(C)C. The van der Waals surface area contributed by atoms with Gasteiger partial charge in [0.2, 0.25) is 5.28 Å². The molecule has 1 aromatic heterocycles. The van der Waals surface area contributed by atoms with Gasteiger partial charge in [0.15, 0.2) is 5.82 Å². The van der Waals surface area contributed by atoms with Crippen molar-refractivity contribution in [2.24, 2.45) is 0 Å². The Balaban J connectivity index is 1.29. The molecular weight excluding hydrogens is 627 g/mol. The lowest BCUT2D eigenvalue weighted by atomic mass is 10.1. The van der Waals surface area contributed by atoms with Crippen LogP contribution in [0.15, 0.2) is 36.4 Å². The lowest BCUT2D eigenvalue weighted by Crippen LogP contribution is -2.42. The summed E-state index contributed by atoms with van der Waals surface area (Å²) in [5.41, 5.74) is 1.52. The lowest BCUT2D eigenvalue weighted by molar-refractivity contribution is 0.0240. The topological polar surface area (TPSA) is 110 Å². The number of amides is 2. The summed E-state index contributed by atoms with van der Waals surface area (Å²) in [6, 6.07) is 9.46. The maximum atomic E-state index is 14.4. The van der Waals surface area contributed by atoms with E-state index in [2.05, 4.69) is 15.2 Å². The summed E-state index contributed by atoms with van der Waals surface area (Å²) in [4.78, 5) is 36.0. The number of hydrogen-bond donors (Lipinski definition) is 0. The van der Waals surface area contributed by atoms with Crippen LogP contribution in [0.3, 0.4) is 0 Å². The van der Waals surface area contributed by atoms with E-state index >= 15 is 0 Å². The van der Waals surface area contributed by atoms with E-state index in [0.29, 0.717) is 44.8 Å². The van der Waals surface area contributed by atoms with E-state index in [0.717, 1.165) is 16.9 Å². The van der Waals surface area contributed by atoms with Crippen LogP contribution in [0.25, 0.3) is 0 Å². The molecule has 3 aromatic rings. The molecule has 13 heteroatoms. The zero-order chi connectivity index (χ0) is 34.0. The smallest absolute Gasteiger partial charge is 0.410 e. The van der Waals surface area contributed by atoms with Gasteiger partial charge >= 0.3 is 6.09 Å². The Morgan fingerprint density at radius 2 is 1.70 bits per heavy atom. The third-order valence-corrected chi connectivity index (χ3v) is 8.13. The van der Waals surface area contributed by atoms with Crippen LogP contribution >= 0.6 is 11.6 Å². The Morgan fingerprint density at radius 3 is 2.36 bits per heavy atom. The fourth-order valence-electron chi connectivity index (χ4n) is 5.95. The number of rotatable bonds is 8. The summed E-state index contributed by atoms with van der Waals surface area (Å²) in [7, 11) is 0. The normalized spacial score (nSPS) is 15.2. The van der Waals surface area contributed by atoms with Gasteiger partial charge in [-0.15, -0.1) is 10.2 Å². The van der Waals surface area contributed by atoms with E-state index in [1.54, 1.807) is 9.80 Å². The molecule has 0 radical (unpaired) electrons. The predicted octanol–water partition coefficient (Wildman–Crippen LogP) is 7.01. The fraction of sp³-hybridized carbons (Fsp3) is 0.500. The zero-order valence-electron chi connectivity index (χ0n) is 27.9. The predicted molar refractivity (Wildman–Crippen MR) is 176 cm³/mol. The van der Waals surface area contributed by atoms with Crippen LogP contribution in [0.1, 0.15) is 82.8 Å².